The van der Waals surface area contributed by atoms with E-state index in [0.717, 1.165) is 4.90 Å². The minimum Gasteiger partial charge on any atom is -0.469 e. The normalized spacial score (nSPS) is 12.5. The first-order valence-electron chi connectivity index (χ1n) is 9.23. The molecule has 0 radical (unpaired) electrons. The van der Waals surface area contributed by atoms with Crippen LogP contribution in [0.3, 0.4) is 0 Å². The third-order valence-corrected chi connectivity index (χ3v) is 4.29. The number of rotatable bonds is 7. The Morgan fingerprint density at radius 1 is 0.844 bits per heavy atom. The van der Waals surface area contributed by atoms with E-state index in [1.807, 2.05) is 0 Å². The van der Waals surface area contributed by atoms with Gasteiger partial charge in [0, 0.05) is 17.7 Å². The number of amides is 2. The van der Waals surface area contributed by atoms with Crippen LogP contribution in [0.15, 0.2) is 72.8 Å². The van der Waals surface area contributed by atoms with Crippen molar-refractivity contribution in [1.82, 2.24) is 0 Å². The van der Waals surface area contributed by atoms with E-state index < -0.39 is 29.7 Å². The molecular formula is C23H17NO8. The van der Waals surface area contributed by atoms with Crippen molar-refractivity contribution in [1.29, 1.82) is 0 Å². The van der Waals surface area contributed by atoms with E-state index >= 15 is 0 Å². The molecule has 0 saturated carbocycles. The average Bonchev–Trinajstić information content (AvgIpc) is 3.12. The molecule has 0 fully saturated rings. The predicted molar refractivity (Wildman–Crippen MR) is 111 cm³/mol. The van der Waals surface area contributed by atoms with Gasteiger partial charge in [0.1, 0.15) is 11.5 Å². The van der Waals surface area contributed by atoms with Gasteiger partial charge in [-0.3, -0.25) is 14.4 Å². The van der Waals surface area contributed by atoms with Gasteiger partial charge in [0.2, 0.25) is 0 Å². The summed E-state index contributed by atoms with van der Waals surface area (Å²) < 4.78 is 14.8. The second-order valence-corrected chi connectivity index (χ2v) is 6.50. The molecular weight excluding hydrogens is 418 g/mol. The molecule has 1 aliphatic rings. The van der Waals surface area contributed by atoms with Crippen molar-refractivity contribution < 1.29 is 38.2 Å². The number of carbonyl (C=O) groups excluding carboxylic acids is 5. The van der Waals surface area contributed by atoms with E-state index in [4.69, 9.17) is 9.47 Å². The fourth-order valence-electron chi connectivity index (χ4n) is 2.64. The molecule has 0 atom stereocenters. The number of benzene rings is 2. The van der Waals surface area contributed by atoms with Gasteiger partial charge in [0.05, 0.1) is 24.8 Å². The molecule has 9 heteroatoms. The number of hydrogen-bond donors (Lipinski definition) is 0. The third-order valence-electron chi connectivity index (χ3n) is 4.29. The first-order chi connectivity index (χ1) is 15.3. The molecule has 32 heavy (non-hydrogen) atoms. The summed E-state index contributed by atoms with van der Waals surface area (Å²) in [6, 6.07) is 11.4. The number of carbonyl (C=O) groups is 5. The van der Waals surface area contributed by atoms with E-state index in [1.165, 1.54) is 67.8 Å². The Hall–Kier alpha value is -4.53. The maximum Gasteiger partial charge on any atom is 0.343 e. The molecule has 1 heterocycles. The van der Waals surface area contributed by atoms with Crippen molar-refractivity contribution in [2.75, 3.05) is 12.0 Å². The molecule has 0 saturated heterocycles. The van der Waals surface area contributed by atoms with Gasteiger partial charge in [-0.15, -0.1) is 0 Å². The van der Waals surface area contributed by atoms with E-state index in [9.17, 15) is 24.0 Å². The first-order valence-corrected chi connectivity index (χ1v) is 9.23. The van der Waals surface area contributed by atoms with Crippen molar-refractivity contribution in [2.45, 2.75) is 6.42 Å². The average molecular weight is 435 g/mol. The smallest absolute Gasteiger partial charge is 0.343 e. The number of methoxy groups -OCH3 is 1. The summed E-state index contributed by atoms with van der Waals surface area (Å²) in [5.41, 5.74) is 0.470. The molecule has 0 aromatic heterocycles. The predicted octanol–water partition coefficient (Wildman–Crippen LogP) is 2.36. The van der Waals surface area contributed by atoms with Gasteiger partial charge in [-0.05, 0) is 48.5 Å². The maximum absolute atomic E-state index is 12.3. The number of ether oxygens (including phenoxy) is 3. The second-order valence-electron chi connectivity index (χ2n) is 6.50. The van der Waals surface area contributed by atoms with Crippen molar-refractivity contribution in [3.63, 3.8) is 0 Å². The summed E-state index contributed by atoms with van der Waals surface area (Å²) in [7, 11) is 1.19. The van der Waals surface area contributed by atoms with E-state index in [2.05, 4.69) is 11.3 Å². The fraction of sp³-hybridized carbons (Fsp3) is 0.0870. The van der Waals surface area contributed by atoms with Crippen molar-refractivity contribution in [2.24, 2.45) is 0 Å². The molecule has 9 nitrogen and oxygen atoms in total. The second kappa shape index (κ2) is 9.52. The zero-order valence-electron chi connectivity index (χ0n) is 16.9. The summed E-state index contributed by atoms with van der Waals surface area (Å²) in [6.07, 6.45) is 2.05. The summed E-state index contributed by atoms with van der Waals surface area (Å²) >= 11 is 0. The lowest BCUT2D eigenvalue weighted by atomic mass is 10.2. The highest BCUT2D eigenvalue weighted by atomic mass is 16.5. The number of imide groups is 1. The van der Waals surface area contributed by atoms with Crippen LogP contribution in [-0.2, 0) is 23.9 Å². The van der Waals surface area contributed by atoms with Crippen LogP contribution >= 0.6 is 0 Å². The van der Waals surface area contributed by atoms with E-state index in [0.29, 0.717) is 5.69 Å². The molecule has 1 aliphatic heterocycles. The molecule has 0 bridgehead atoms. The third kappa shape index (κ3) is 5.14. The Balaban J connectivity index is 1.58. The summed E-state index contributed by atoms with van der Waals surface area (Å²) in [6.45, 7) is 3.48. The van der Waals surface area contributed by atoms with Gasteiger partial charge in [-0.1, -0.05) is 6.58 Å². The lowest BCUT2D eigenvalue weighted by Gasteiger charge is -2.14. The highest BCUT2D eigenvalue weighted by molar-refractivity contribution is 6.28. The van der Waals surface area contributed by atoms with Gasteiger partial charge >= 0.3 is 17.9 Å². The minimum atomic E-state index is -0.795. The first kappa shape index (κ1) is 22.2. The van der Waals surface area contributed by atoms with Crippen LogP contribution < -0.4 is 14.4 Å². The van der Waals surface area contributed by atoms with Gasteiger partial charge in [0.25, 0.3) is 11.8 Å². The molecule has 2 aromatic carbocycles. The van der Waals surface area contributed by atoms with Gasteiger partial charge in [0.15, 0.2) is 0 Å². The van der Waals surface area contributed by atoms with Crippen LogP contribution in [0.2, 0.25) is 0 Å². The summed E-state index contributed by atoms with van der Waals surface area (Å²) in [5, 5.41) is 0. The number of hydrogen-bond acceptors (Lipinski definition) is 8. The van der Waals surface area contributed by atoms with Crippen LogP contribution in [0.1, 0.15) is 16.8 Å². The molecule has 0 spiro atoms. The molecule has 162 valence electrons. The maximum atomic E-state index is 12.3. The monoisotopic (exact) mass is 435 g/mol. The molecule has 0 aliphatic carbocycles. The number of nitrogens with zero attached hydrogens (tertiary/aromatic N) is 1. The molecule has 2 aromatic rings. The Bertz CT molecular complexity index is 1110. The molecule has 0 unspecified atom stereocenters. The molecule has 2 amide bonds. The largest absolute Gasteiger partial charge is 0.469 e. The van der Waals surface area contributed by atoms with Crippen LogP contribution in [-0.4, -0.2) is 36.8 Å². The fourth-order valence-corrected chi connectivity index (χ4v) is 2.64. The Labute approximate surface area is 182 Å². The summed E-state index contributed by atoms with van der Waals surface area (Å²) in [5.74, 6) is -2.62. The van der Waals surface area contributed by atoms with Gasteiger partial charge in [-0.2, -0.15) is 0 Å². The summed E-state index contributed by atoms with van der Waals surface area (Å²) in [4.78, 5) is 59.8. The quantitative estimate of drug-likeness (QED) is 0.282. The van der Waals surface area contributed by atoms with Crippen LogP contribution in [0.25, 0.3) is 0 Å². The highest BCUT2D eigenvalue weighted by Crippen LogP contribution is 2.23. The minimum absolute atomic E-state index is 0.0723. The van der Waals surface area contributed by atoms with E-state index in [-0.39, 0.29) is 29.1 Å². The van der Waals surface area contributed by atoms with Crippen molar-refractivity contribution in [3.8, 4) is 11.5 Å². The zero-order chi connectivity index (χ0) is 23.3. The van der Waals surface area contributed by atoms with Crippen molar-refractivity contribution >= 4 is 35.4 Å². The topological polar surface area (TPSA) is 116 Å². The van der Waals surface area contributed by atoms with Gasteiger partial charge in [-0.25, -0.2) is 14.5 Å². The lowest BCUT2D eigenvalue weighted by Crippen LogP contribution is -2.29. The SMILES string of the molecule is C=C(CC(=O)OC)C(=O)Oc1ccc(C(=O)Oc2ccc(N3C(=O)C=CC3=O)cc2)cc1. The zero-order valence-corrected chi connectivity index (χ0v) is 16.9. The van der Waals surface area contributed by atoms with Crippen LogP contribution in [0.5, 0.6) is 11.5 Å². The van der Waals surface area contributed by atoms with E-state index in [1.54, 1.807) is 0 Å². The Morgan fingerprint density at radius 3 is 1.94 bits per heavy atom. The molecule has 3 rings (SSSR count). The Morgan fingerprint density at radius 2 is 1.38 bits per heavy atom. The van der Waals surface area contributed by atoms with Crippen LogP contribution in [0, 0.1) is 0 Å². The van der Waals surface area contributed by atoms with Crippen LogP contribution in [0.4, 0.5) is 5.69 Å². The standard InChI is InChI=1S/C23H17NO8/c1-14(13-21(27)30-2)22(28)31-17-7-3-15(4-8-17)23(29)32-18-9-5-16(6-10-18)24-19(25)11-12-20(24)26/h3-12H,1,13H2,2H3. The lowest BCUT2D eigenvalue weighted by molar-refractivity contribution is -0.141. The Kier molecular flexibility index (Phi) is 6.59. The van der Waals surface area contributed by atoms with Crippen molar-refractivity contribution in [3.05, 3.63) is 78.4 Å². The number of anilines is 1. The highest BCUT2D eigenvalue weighted by Gasteiger charge is 2.25. The molecule has 0 N–H and O–H groups in total. The van der Waals surface area contributed by atoms with Gasteiger partial charge < -0.3 is 14.2 Å². The number of esters is 3.